The number of carbonyl (C=O) groups excluding carboxylic acids is 2. The SMILES string of the molecule is CC(C)CNC(=O)[C@@H](c1ccccc1)N(Cc1ccccc1)C(=O)Cc1ccccc1. The second-order valence-electron chi connectivity index (χ2n) is 8.12. The Labute approximate surface area is 184 Å². The van der Waals surface area contributed by atoms with Crippen molar-refractivity contribution >= 4 is 11.8 Å². The van der Waals surface area contributed by atoms with Crippen LogP contribution in [-0.2, 0) is 22.6 Å². The summed E-state index contributed by atoms with van der Waals surface area (Å²) in [6.45, 7) is 5.04. The molecule has 0 saturated heterocycles. The predicted octanol–water partition coefficient (Wildman–Crippen LogP) is 4.77. The zero-order valence-corrected chi connectivity index (χ0v) is 18.2. The van der Waals surface area contributed by atoms with E-state index in [4.69, 9.17) is 0 Å². The topological polar surface area (TPSA) is 49.4 Å². The summed E-state index contributed by atoms with van der Waals surface area (Å²) < 4.78 is 0. The molecule has 160 valence electrons. The lowest BCUT2D eigenvalue weighted by molar-refractivity contribution is -0.141. The summed E-state index contributed by atoms with van der Waals surface area (Å²) in [5.41, 5.74) is 2.72. The van der Waals surface area contributed by atoms with Crippen LogP contribution in [0.5, 0.6) is 0 Å². The van der Waals surface area contributed by atoms with Crippen molar-refractivity contribution in [2.24, 2.45) is 5.92 Å². The van der Waals surface area contributed by atoms with E-state index >= 15 is 0 Å². The van der Waals surface area contributed by atoms with Gasteiger partial charge in [-0.3, -0.25) is 9.59 Å². The lowest BCUT2D eigenvalue weighted by Crippen LogP contribution is -2.44. The van der Waals surface area contributed by atoms with Crippen LogP contribution in [0.2, 0.25) is 0 Å². The maximum atomic E-state index is 13.5. The van der Waals surface area contributed by atoms with Gasteiger partial charge in [-0.1, -0.05) is 105 Å². The van der Waals surface area contributed by atoms with E-state index in [1.807, 2.05) is 91.0 Å². The van der Waals surface area contributed by atoms with Crippen LogP contribution in [0.3, 0.4) is 0 Å². The van der Waals surface area contributed by atoms with Gasteiger partial charge in [0.05, 0.1) is 6.42 Å². The van der Waals surface area contributed by atoms with E-state index in [0.29, 0.717) is 19.0 Å². The zero-order valence-electron chi connectivity index (χ0n) is 18.2. The second kappa shape index (κ2) is 11.1. The zero-order chi connectivity index (χ0) is 22.1. The fraction of sp³-hybridized carbons (Fsp3) is 0.259. The van der Waals surface area contributed by atoms with Crippen LogP contribution in [0.15, 0.2) is 91.0 Å². The molecule has 4 heteroatoms. The molecule has 3 rings (SSSR count). The normalized spacial score (nSPS) is 11.7. The van der Waals surface area contributed by atoms with E-state index in [1.165, 1.54) is 0 Å². The molecule has 0 aliphatic heterocycles. The molecule has 0 bridgehead atoms. The highest BCUT2D eigenvalue weighted by molar-refractivity contribution is 5.89. The van der Waals surface area contributed by atoms with Gasteiger partial charge in [0.15, 0.2) is 0 Å². The van der Waals surface area contributed by atoms with Crippen molar-refractivity contribution in [3.05, 3.63) is 108 Å². The maximum Gasteiger partial charge on any atom is 0.247 e. The summed E-state index contributed by atoms with van der Waals surface area (Å²) in [6.07, 6.45) is 0.245. The summed E-state index contributed by atoms with van der Waals surface area (Å²) in [7, 11) is 0. The summed E-state index contributed by atoms with van der Waals surface area (Å²) in [5.74, 6) is 0.0869. The number of rotatable bonds is 9. The third-order valence-electron chi connectivity index (χ3n) is 5.07. The molecule has 1 N–H and O–H groups in total. The quantitative estimate of drug-likeness (QED) is 0.548. The molecular formula is C27H30N2O2. The van der Waals surface area contributed by atoms with Gasteiger partial charge in [-0.05, 0) is 22.6 Å². The Morgan fingerprint density at radius 1 is 0.774 bits per heavy atom. The molecule has 4 nitrogen and oxygen atoms in total. The van der Waals surface area contributed by atoms with Gasteiger partial charge in [0.2, 0.25) is 11.8 Å². The lowest BCUT2D eigenvalue weighted by atomic mass is 10.0. The van der Waals surface area contributed by atoms with Crippen molar-refractivity contribution < 1.29 is 9.59 Å². The van der Waals surface area contributed by atoms with Crippen molar-refractivity contribution in [3.8, 4) is 0 Å². The fourth-order valence-electron chi connectivity index (χ4n) is 3.49. The molecule has 0 saturated carbocycles. The number of hydrogen-bond acceptors (Lipinski definition) is 2. The van der Waals surface area contributed by atoms with Crippen molar-refractivity contribution in [2.45, 2.75) is 32.9 Å². The van der Waals surface area contributed by atoms with Crippen molar-refractivity contribution in [2.75, 3.05) is 6.54 Å². The van der Waals surface area contributed by atoms with E-state index in [2.05, 4.69) is 19.2 Å². The Morgan fingerprint density at radius 3 is 1.84 bits per heavy atom. The third kappa shape index (κ3) is 6.54. The van der Waals surface area contributed by atoms with Crippen LogP contribution in [-0.4, -0.2) is 23.3 Å². The number of hydrogen-bond donors (Lipinski definition) is 1. The molecule has 0 unspecified atom stereocenters. The Kier molecular flexibility index (Phi) is 7.99. The number of carbonyl (C=O) groups is 2. The number of amides is 2. The standard InChI is InChI=1S/C27H30N2O2/c1-21(2)19-28-27(31)26(24-16-10-5-11-17-24)29(20-23-14-8-4-9-15-23)25(30)18-22-12-6-3-7-13-22/h3-17,21,26H,18-20H2,1-2H3,(H,28,31)/t26-/m1/s1. The van der Waals surface area contributed by atoms with Gasteiger partial charge in [0.25, 0.3) is 0 Å². The largest absolute Gasteiger partial charge is 0.354 e. The molecule has 31 heavy (non-hydrogen) atoms. The molecule has 0 aromatic heterocycles. The minimum absolute atomic E-state index is 0.0800. The molecule has 1 atom stereocenters. The van der Waals surface area contributed by atoms with Crippen molar-refractivity contribution in [1.29, 1.82) is 0 Å². The average molecular weight is 415 g/mol. The second-order valence-corrected chi connectivity index (χ2v) is 8.12. The van der Waals surface area contributed by atoms with Crippen LogP contribution in [0.25, 0.3) is 0 Å². The first-order chi connectivity index (χ1) is 15.0. The Morgan fingerprint density at radius 2 is 1.29 bits per heavy atom. The highest BCUT2D eigenvalue weighted by Gasteiger charge is 2.31. The lowest BCUT2D eigenvalue weighted by Gasteiger charge is -2.32. The van der Waals surface area contributed by atoms with Gasteiger partial charge in [0, 0.05) is 13.1 Å². The molecule has 2 amide bonds. The van der Waals surface area contributed by atoms with Crippen LogP contribution < -0.4 is 5.32 Å². The summed E-state index contributed by atoms with van der Waals surface area (Å²) in [4.78, 5) is 28.6. The van der Waals surface area contributed by atoms with Gasteiger partial charge in [0.1, 0.15) is 6.04 Å². The van der Waals surface area contributed by atoms with Crippen LogP contribution in [0.4, 0.5) is 0 Å². The van der Waals surface area contributed by atoms with Gasteiger partial charge < -0.3 is 10.2 Å². The van der Waals surface area contributed by atoms with Crippen LogP contribution >= 0.6 is 0 Å². The Hall–Kier alpha value is -3.40. The first-order valence-corrected chi connectivity index (χ1v) is 10.7. The summed E-state index contributed by atoms with van der Waals surface area (Å²) in [6, 6.07) is 28.3. The first kappa shape index (κ1) is 22.3. The minimum atomic E-state index is -0.698. The molecule has 3 aromatic rings. The highest BCUT2D eigenvalue weighted by Crippen LogP contribution is 2.25. The smallest absolute Gasteiger partial charge is 0.247 e. The van der Waals surface area contributed by atoms with E-state index in [9.17, 15) is 9.59 Å². The minimum Gasteiger partial charge on any atom is -0.354 e. The van der Waals surface area contributed by atoms with Crippen LogP contribution in [0.1, 0.15) is 36.6 Å². The molecule has 0 fully saturated rings. The monoisotopic (exact) mass is 414 g/mol. The van der Waals surface area contributed by atoms with Crippen molar-refractivity contribution in [1.82, 2.24) is 10.2 Å². The molecule has 0 radical (unpaired) electrons. The van der Waals surface area contributed by atoms with E-state index in [-0.39, 0.29) is 18.2 Å². The highest BCUT2D eigenvalue weighted by atomic mass is 16.2. The fourth-order valence-corrected chi connectivity index (χ4v) is 3.49. The Bertz CT molecular complexity index is 956. The molecule has 0 heterocycles. The van der Waals surface area contributed by atoms with Crippen molar-refractivity contribution in [3.63, 3.8) is 0 Å². The number of benzene rings is 3. The molecule has 3 aromatic carbocycles. The average Bonchev–Trinajstić information content (AvgIpc) is 2.79. The predicted molar refractivity (Wildman–Crippen MR) is 124 cm³/mol. The number of nitrogens with one attached hydrogen (secondary N) is 1. The van der Waals surface area contributed by atoms with E-state index in [0.717, 1.165) is 16.7 Å². The molecule has 0 aliphatic carbocycles. The molecule has 0 spiro atoms. The number of nitrogens with zero attached hydrogens (tertiary/aromatic N) is 1. The van der Waals surface area contributed by atoms with Gasteiger partial charge in [-0.15, -0.1) is 0 Å². The maximum absolute atomic E-state index is 13.5. The van der Waals surface area contributed by atoms with E-state index in [1.54, 1.807) is 4.90 Å². The van der Waals surface area contributed by atoms with Crippen LogP contribution in [0, 0.1) is 5.92 Å². The third-order valence-corrected chi connectivity index (χ3v) is 5.07. The summed E-state index contributed by atoms with van der Waals surface area (Å²) in [5, 5.41) is 3.03. The van der Waals surface area contributed by atoms with Gasteiger partial charge in [-0.25, -0.2) is 0 Å². The molecular weight excluding hydrogens is 384 g/mol. The Balaban J connectivity index is 1.96. The molecule has 0 aliphatic rings. The van der Waals surface area contributed by atoms with Gasteiger partial charge >= 0.3 is 0 Å². The van der Waals surface area contributed by atoms with Gasteiger partial charge in [-0.2, -0.15) is 0 Å². The summed E-state index contributed by atoms with van der Waals surface area (Å²) >= 11 is 0. The van der Waals surface area contributed by atoms with E-state index < -0.39 is 6.04 Å². The first-order valence-electron chi connectivity index (χ1n) is 10.7.